The van der Waals surface area contributed by atoms with E-state index >= 15 is 0 Å². The first-order chi connectivity index (χ1) is 7.74. The lowest BCUT2D eigenvalue weighted by Crippen LogP contribution is -2.29. The van der Waals surface area contributed by atoms with E-state index in [1.807, 2.05) is 0 Å². The van der Waals surface area contributed by atoms with Gasteiger partial charge in [0.2, 0.25) is 5.91 Å². The maximum atomic E-state index is 11.5. The van der Waals surface area contributed by atoms with Crippen molar-refractivity contribution in [2.24, 2.45) is 11.7 Å². The molecule has 0 aliphatic heterocycles. The lowest BCUT2D eigenvalue weighted by molar-refractivity contribution is -0.121. The van der Waals surface area contributed by atoms with Gasteiger partial charge in [-0.15, -0.1) is 0 Å². The van der Waals surface area contributed by atoms with E-state index in [1.165, 1.54) is 19.3 Å². The highest BCUT2D eigenvalue weighted by Gasteiger charge is 2.07. The standard InChI is InChI=1S/C13H28N2O/c1-3-5-6-7-8-13(16)15-11-12(4-2)9-10-14/h12H,3-11,14H2,1-2H3,(H,15,16). The SMILES string of the molecule is CCCCCCC(=O)NCC(CC)CCN. The normalized spacial score (nSPS) is 12.4. The van der Waals surface area contributed by atoms with Gasteiger partial charge < -0.3 is 11.1 Å². The van der Waals surface area contributed by atoms with E-state index in [9.17, 15) is 4.79 Å². The fourth-order valence-corrected chi connectivity index (χ4v) is 1.75. The molecule has 0 saturated carbocycles. The second kappa shape index (κ2) is 10.9. The molecule has 16 heavy (non-hydrogen) atoms. The third-order valence-corrected chi connectivity index (χ3v) is 3.00. The Bertz CT molecular complexity index is 171. The number of rotatable bonds is 10. The number of hydrogen-bond acceptors (Lipinski definition) is 2. The molecule has 0 aliphatic rings. The van der Waals surface area contributed by atoms with Gasteiger partial charge in [0.05, 0.1) is 0 Å². The molecule has 0 radical (unpaired) electrons. The molecule has 0 aliphatic carbocycles. The minimum Gasteiger partial charge on any atom is -0.356 e. The number of unbranched alkanes of at least 4 members (excludes halogenated alkanes) is 3. The molecule has 0 heterocycles. The fraction of sp³-hybridized carbons (Fsp3) is 0.923. The monoisotopic (exact) mass is 228 g/mol. The second-order valence-electron chi connectivity index (χ2n) is 4.47. The van der Waals surface area contributed by atoms with E-state index in [1.54, 1.807) is 0 Å². The van der Waals surface area contributed by atoms with Crippen LogP contribution in [0.1, 0.15) is 58.8 Å². The van der Waals surface area contributed by atoms with Crippen LogP contribution in [-0.4, -0.2) is 19.0 Å². The molecule has 0 spiro atoms. The molecule has 0 saturated heterocycles. The average Bonchev–Trinajstić information content (AvgIpc) is 2.30. The van der Waals surface area contributed by atoms with Gasteiger partial charge >= 0.3 is 0 Å². The topological polar surface area (TPSA) is 55.1 Å². The van der Waals surface area contributed by atoms with Crippen molar-refractivity contribution in [2.45, 2.75) is 58.8 Å². The highest BCUT2D eigenvalue weighted by Crippen LogP contribution is 2.06. The Kier molecular flexibility index (Phi) is 10.5. The summed E-state index contributed by atoms with van der Waals surface area (Å²) in [7, 11) is 0. The lowest BCUT2D eigenvalue weighted by atomic mass is 10.0. The Balaban J connectivity index is 3.47. The van der Waals surface area contributed by atoms with E-state index in [2.05, 4.69) is 19.2 Å². The van der Waals surface area contributed by atoms with Crippen LogP contribution in [0.4, 0.5) is 0 Å². The minimum atomic E-state index is 0.201. The summed E-state index contributed by atoms with van der Waals surface area (Å²) in [4.78, 5) is 11.5. The minimum absolute atomic E-state index is 0.201. The molecular weight excluding hydrogens is 200 g/mol. The highest BCUT2D eigenvalue weighted by atomic mass is 16.1. The van der Waals surface area contributed by atoms with Gasteiger partial charge in [0.25, 0.3) is 0 Å². The Morgan fingerprint density at radius 1 is 1.25 bits per heavy atom. The van der Waals surface area contributed by atoms with Crippen molar-refractivity contribution < 1.29 is 4.79 Å². The first-order valence-electron chi connectivity index (χ1n) is 6.71. The zero-order chi connectivity index (χ0) is 12.2. The van der Waals surface area contributed by atoms with Crippen LogP contribution in [0.25, 0.3) is 0 Å². The lowest BCUT2D eigenvalue weighted by Gasteiger charge is -2.14. The predicted molar refractivity (Wildman–Crippen MR) is 69.2 cm³/mol. The molecule has 0 rings (SSSR count). The van der Waals surface area contributed by atoms with Gasteiger partial charge in [-0.05, 0) is 25.3 Å². The van der Waals surface area contributed by atoms with Crippen LogP contribution in [0.3, 0.4) is 0 Å². The van der Waals surface area contributed by atoms with Crippen LogP contribution >= 0.6 is 0 Å². The van der Waals surface area contributed by atoms with Gasteiger partial charge in [0, 0.05) is 13.0 Å². The van der Waals surface area contributed by atoms with Crippen molar-refractivity contribution in [1.82, 2.24) is 5.32 Å². The van der Waals surface area contributed by atoms with E-state index in [-0.39, 0.29) is 5.91 Å². The summed E-state index contributed by atoms with van der Waals surface area (Å²) in [6, 6.07) is 0. The van der Waals surface area contributed by atoms with Gasteiger partial charge in [-0.2, -0.15) is 0 Å². The van der Waals surface area contributed by atoms with Crippen molar-refractivity contribution >= 4 is 5.91 Å². The Morgan fingerprint density at radius 2 is 2.00 bits per heavy atom. The summed E-state index contributed by atoms with van der Waals surface area (Å²) in [5, 5.41) is 3.00. The molecule has 0 fully saturated rings. The van der Waals surface area contributed by atoms with Gasteiger partial charge in [-0.1, -0.05) is 39.5 Å². The van der Waals surface area contributed by atoms with Gasteiger partial charge in [0.1, 0.15) is 0 Å². The van der Waals surface area contributed by atoms with Crippen LogP contribution < -0.4 is 11.1 Å². The Labute approximate surface area is 100 Å². The van der Waals surface area contributed by atoms with Gasteiger partial charge in [-0.3, -0.25) is 4.79 Å². The zero-order valence-corrected chi connectivity index (χ0v) is 10.9. The largest absolute Gasteiger partial charge is 0.356 e. The molecule has 0 aromatic heterocycles. The van der Waals surface area contributed by atoms with Gasteiger partial charge in [-0.25, -0.2) is 0 Å². The average molecular weight is 228 g/mol. The summed E-state index contributed by atoms with van der Waals surface area (Å²) >= 11 is 0. The molecular formula is C13H28N2O. The van der Waals surface area contributed by atoms with E-state index < -0.39 is 0 Å². The van der Waals surface area contributed by atoms with E-state index in [0.29, 0.717) is 18.9 Å². The molecule has 1 amide bonds. The van der Waals surface area contributed by atoms with Crippen LogP contribution in [0.5, 0.6) is 0 Å². The fourth-order valence-electron chi connectivity index (χ4n) is 1.75. The maximum absolute atomic E-state index is 11.5. The number of carbonyl (C=O) groups is 1. The highest BCUT2D eigenvalue weighted by molar-refractivity contribution is 5.75. The third kappa shape index (κ3) is 8.72. The predicted octanol–water partition coefficient (Wildman–Crippen LogP) is 2.45. The quantitative estimate of drug-likeness (QED) is 0.564. The maximum Gasteiger partial charge on any atom is 0.220 e. The van der Waals surface area contributed by atoms with Crippen LogP contribution in [-0.2, 0) is 4.79 Å². The Morgan fingerprint density at radius 3 is 2.56 bits per heavy atom. The number of nitrogens with two attached hydrogens (primary N) is 1. The number of hydrogen-bond donors (Lipinski definition) is 2. The van der Waals surface area contributed by atoms with Crippen LogP contribution in [0, 0.1) is 5.92 Å². The molecule has 3 heteroatoms. The smallest absolute Gasteiger partial charge is 0.220 e. The molecule has 0 bridgehead atoms. The first kappa shape index (κ1) is 15.4. The third-order valence-electron chi connectivity index (χ3n) is 3.00. The zero-order valence-electron chi connectivity index (χ0n) is 10.9. The van der Waals surface area contributed by atoms with Crippen molar-refractivity contribution in [3.8, 4) is 0 Å². The summed E-state index contributed by atoms with van der Waals surface area (Å²) in [6.07, 6.45) is 7.42. The van der Waals surface area contributed by atoms with Gasteiger partial charge in [0.15, 0.2) is 0 Å². The number of amides is 1. The van der Waals surface area contributed by atoms with Crippen molar-refractivity contribution in [3.05, 3.63) is 0 Å². The van der Waals surface area contributed by atoms with E-state index in [4.69, 9.17) is 5.73 Å². The summed E-state index contributed by atoms with van der Waals surface area (Å²) in [6.45, 7) is 5.83. The molecule has 3 nitrogen and oxygen atoms in total. The van der Waals surface area contributed by atoms with Crippen LogP contribution in [0.2, 0.25) is 0 Å². The summed E-state index contributed by atoms with van der Waals surface area (Å²) < 4.78 is 0. The summed E-state index contributed by atoms with van der Waals surface area (Å²) in [5.41, 5.74) is 5.51. The number of carbonyl (C=O) groups excluding carboxylic acids is 1. The Hall–Kier alpha value is -0.570. The number of nitrogens with one attached hydrogen (secondary N) is 1. The van der Waals surface area contributed by atoms with Crippen molar-refractivity contribution in [3.63, 3.8) is 0 Å². The first-order valence-corrected chi connectivity index (χ1v) is 6.71. The second-order valence-corrected chi connectivity index (χ2v) is 4.47. The van der Waals surface area contributed by atoms with Crippen molar-refractivity contribution in [1.29, 1.82) is 0 Å². The van der Waals surface area contributed by atoms with Crippen molar-refractivity contribution in [2.75, 3.05) is 13.1 Å². The molecule has 0 aromatic rings. The molecule has 0 aromatic carbocycles. The van der Waals surface area contributed by atoms with Crippen LogP contribution in [0.15, 0.2) is 0 Å². The molecule has 1 atom stereocenters. The molecule has 96 valence electrons. The molecule has 1 unspecified atom stereocenters. The summed E-state index contributed by atoms with van der Waals surface area (Å²) in [5.74, 6) is 0.746. The van der Waals surface area contributed by atoms with E-state index in [0.717, 1.165) is 25.8 Å². The molecule has 3 N–H and O–H groups in total.